The zero-order valence-corrected chi connectivity index (χ0v) is 16.3. The van der Waals surface area contributed by atoms with Gasteiger partial charge >= 0.3 is 5.97 Å². The Balaban J connectivity index is 1.52. The molecule has 1 aromatic carbocycles. The van der Waals surface area contributed by atoms with E-state index in [-0.39, 0.29) is 12.5 Å². The Morgan fingerprint density at radius 3 is 2.85 bits per heavy atom. The van der Waals surface area contributed by atoms with Crippen molar-refractivity contribution in [1.29, 1.82) is 0 Å². The molecule has 0 saturated carbocycles. The average Bonchev–Trinajstić information content (AvgIpc) is 3.34. The predicted molar refractivity (Wildman–Crippen MR) is 104 cm³/mol. The van der Waals surface area contributed by atoms with E-state index in [1.807, 2.05) is 42.6 Å². The zero-order chi connectivity index (χ0) is 19.1. The standard InChI is InChI=1S/C19H18N2O4S2/c1-13-9-14(21-25-13)12-27-17-7-3-2-6-16(17)19(23)24-11-18(22)20-10-15-5-4-8-26-15/h2-9H,10-12H2,1H3,(H,20,22). The van der Waals surface area contributed by atoms with Crippen LogP contribution in [-0.4, -0.2) is 23.6 Å². The number of rotatable bonds is 8. The fourth-order valence-electron chi connectivity index (χ4n) is 2.26. The fourth-order valence-corrected chi connectivity index (χ4v) is 3.82. The van der Waals surface area contributed by atoms with Gasteiger partial charge in [0.2, 0.25) is 0 Å². The minimum Gasteiger partial charge on any atom is -0.452 e. The normalized spacial score (nSPS) is 10.6. The summed E-state index contributed by atoms with van der Waals surface area (Å²) in [5.74, 6) is 0.454. The van der Waals surface area contributed by atoms with E-state index < -0.39 is 5.97 Å². The first-order valence-corrected chi connectivity index (χ1v) is 10.1. The second kappa shape index (κ2) is 9.38. The first kappa shape index (κ1) is 19.2. The number of hydrogen-bond acceptors (Lipinski definition) is 7. The summed E-state index contributed by atoms with van der Waals surface area (Å²) in [5.41, 5.74) is 1.22. The Bertz CT molecular complexity index is 906. The lowest BCUT2D eigenvalue weighted by Crippen LogP contribution is -2.28. The van der Waals surface area contributed by atoms with Crippen LogP contribution < -0.4 is 5.32 Å². The molecule has 8 heteroatoms. The van der Waals surface area contributed by atoms with Crippen molar-refractivity contribution < 1.29 is 18.8 Å². The number of aromatic nitrogens is 1. The number of nitrogens with zero attached hydrogens (tertiary/aromatic N) is 1. The maximum atomic E-state index is 12.4. The van der Waals surface area contributed by atoms with Crippen molar-refractivity contribution in [2.45, 2.75) is 24.1 Å². The molecule has 3 aromatic rings. The molecule has 1 N–H and O–H groups in total. The van der Waals surface area contributed by atoms with E-state index >= 15 is 0 Å². The van der Waals surface area contributed by atoms with Crippen LogP contribution in [0.4, 0.5) is 0 Å². The molecule has 0 unspecified atom stereocenters. The van der Waals surface area contributed by atoms with Crippen LogP contribution in [0.3, 0.4) is 0 Å². The lowest BCUT2D eigenvalue weighted by atomic mass is 10.2. The highest BCUT2D eigenvalue weighted by molar-refractivity contribution is 7.98. The van der Waals surface area contributed by atoms with Crippen LogP contribution in [0, 0.1) is 6.92 Å². The highest BCUT2D eigenvalue weighted by Crippen LogP contribution is 2.26. The number of carbonyl (C=O) groups excluding carboxylic acids is 2. The number of esters is 1. The number of ether oxygens (including phenoxy) is 1. The van der Waals surface area contributed by atoms with Crippen molar-refractivity contribution in [2.24, 2.45) is 0 Å². The van der Waals surface area contributed by atoms with Gasteiger partial charge in [0.15, 0.2) is 6.61 Å². The molecule has 0 fully saturated rings. The van der Waals surface area contributed by atoms with E-state index in [1.165, 1.54) is 11.8 Å². The summed E-state index contributed by atoms with van der Waals surface area (Å²) in [6.45, 7) is 1.94. The second-order valence-electron chi connectivity index (χ2n) is 5.65. The zero-order valence-electron chi connectivity index (χ0n) is 14.6. The van der Waals surface area contributed by atoms with Gasteiger partial charge < -0.3 is 14.6 Å². The molecule has 0 aliphatic carbocycles. The van der Waals surface area contributed by atoms with E-state index in [2.05, 4.69) is 10.5 Å². The van der Waals surface area contributed by atoms with E-state index in [0.717, 1.165) is 21.2 Å². The van der Waals surface area contributed by atoms with Crippen LogP contribution in [0.15, 0.2) is 57.3 Å². The van der Waals surface area contributed by atoms with Crippen LogP contribution in [0.5, 0.6) is 0 Å². The molecule has 0 saturated heterocycles. The smallest absolute Gasteiger partial charge is 0.339 e. The highest BCUT2D eigenvalue weighted by atomic mass is 32.2. The summed E-state index contributed by atoms with van der Waals surface area (Å²) in [6, 6.07) is 12.8. The van der Waals surface area contributed by atoms with E-state index in [0.29, 0.717) is 17.9 Å². The van der Waals surface area contributed by atoms with E-state index in [9.17, 15) is 9.59 Å². The van der Waals surface area contributed by atoms with Gasteiger partial charge in [-0.15, -0.1) is 23.1 Å². The van der Waals surface area contributed by atoms with Crippen LogP contribution in [0.2, 0.25) is 0 Å². The Morgan fingerprint density at radius 2 is 2.11 bits per heavy atom. The van der Waals surface area contributed by atoms with Crippen LogP contribution in [0.25, 0.3) is 0 Å². The van der Waals surface area contributed by atoms with E-state index in [4.69, 9.17) is 9.26 Å². The minimum absolute atomic E-state index is 0.314. The lowest BCUT2D eigenvalue weighted by molar-refractivity contribution is -0.124. The molecule has 0 atom stereocenters. The molecule has 2 aromatic heterocycles. The Hall–Kier alpha value is -2.58. The fraction of sp³-hybridized carbons (Fsp3) is 0.211. The van der Waals surface area contributed by atoms with Gasteiger partial charge in [0.1, 0.15) is 5.76 Å². The average molecular weight is 402 g/mol. The molecule has 3 rings (SSSR count). The van der Waals surface area contributed by atoms with Crippen molar-refractivity contribution in [3.8, 4) is 0 Å². The first-order chi connectivity index (χ1) is 13.1. The van der Waals surface area contributed by atoms with Crippen molar-refractivity contribution in [3.63, 3.8) is 0 Å². The minimum atomic E-state index is -0.527. The van der Waals surface area contributed by atoms with Gasteiger partial charge in [-0.05, 0) is 30.5 Å². The number of aryl methyl sites for hydroxylation is 1. The molecule has 6 nitrogen and oxygen atoms in total. The summed E-state index contributed by atoms with van der Waals surface area (Å²) in [7, 11) is 0. The number of thioether (sulfide) groups is 1. The van der Waals surface area contributed by atoms with Gasteiger partial charge in [0, 0.05) is 21.6 Å². The van der Waals surface area contributed by atoms with Crippen molar-refractivity contribution in [1.82, 2.24) is 10.5 Å². The molecular formula is C19H18N2O4S2. The molecule has 0 spiro atoms. The van der Waals surface area contributed by atoms with Crippen molar-refractivity contribution in [3.05, 3.63) is 69.7 Å². The molecule has 0 bridgehead atoms. The van der Waals surface area contributed by atoms with Gasteiger partial charge in [-0.25, -0.2) is 4.79 Å². The Morgan fingerprint density at radius 1 is 1.26 bits per heavy atom. The molecule has 0 radical (unpaired) electrons. The maximum absolute atomic E-state index is 12.4. The van der Waals surface area contributed by atoms with Gasteiger partial charge in [0.25, 0.3) is 5.91 Å². The molecule has 2 heterocycles. The SMILES string of the molecule is Cc1cc(CSc2ccccc2C(=O)OCC(=O)NCc2cccs2)no1. The number of amides is 1. The Kier molecular flexibility index (Phi) is 6.67. The maximum Gasteiger partial charge on any atom is 0.339 e. The number of nitrogens with one attached hydrogen (secondary N) is 1. The van der Waals surface area contributed by atoms with Crippen molar-refractivity contribution >= 4 is 35.0 Å². The lowest BCUT2D eigenvalue weighted by Gasteiger charge is -2.09. The number of thiophene rings is 1. The molecule has 0 aliphatic rings. The molecule has 1 amide bonds. The molecule has 27 heavy (non-hydrogen) atoms. The quantitative estimate of drug-likeness (QED) is 0.456. The number of benzene rings is 1. The van der Waals surface area contributed by atoms with E-state index in [1.54, 1.807) is 23.5 Å². The summed E-state index contributed by atoms with van der Waals surface area (Å²) < 4.78 is 10.2. The molecular weight excluding hydrogens is 384 g/mol. The first-order valence-electron chi connectivity index (χ1n) is 8.22. The third-order valence-corrected chi connectivity index (χ3v) is 5.52. The molecule has 0 aliphatic heterocycles. The largest absolute Gasteiger partial charge is 0.452 e. The van der Waals surface area contributed by atoms with Gasteiger partial charge in [0.05, 0.1) is 17.8 Å². The summed E-state index contributed by atoms with van der Waals surface area (Å²) in [4.78, 5) is 26.0. The number of hydrogen-bond donors (Lipinski definition) is 1. The third-order valence-electron chi connectivity index (χ3n) is 3.53. The van der Waals surface area contributed by atoms with Gasteiger partial charge in [-0.2, -0.15) is 0 Å². The van der Waals surface area contributed by atoms with Crippen LogP contribution in [0.1, 0.15) is 26.7 Å². The van der Waals surface area contributed by atoms with Gasteiger partial charge in [-0.3, -0.25) is 4.79 Å². The molecule has 140 valence electrons. The summed E-state index contributed by atoms with van der Waals surface area (Å²) in [6.07, 6.45) is 0. The summed E-state index contributed by atoms with van der Waals surface area (Å²) >= 11 is 3.02. The monoisotopic (exact) mass is 402 g/mol. The van der Waals surface area contributed by atoms with Crippen molar-refractivity contribution in [2.75, 3.05) is 6.61 Å². The Labute approximate surface area is 164 Å². The second-order valence-corrected chi connectivity index (χ2v) is 7.70. The third kappa shape index (κ3) is 5.70. The predicted octanol–water partition coefficient (Wildman–Crippen LogP) is 3.81. The van der Waals surface area contributed by atoms with Crippen LogP contribution >= 0.6 is 23.1 Å². The van der Waals surface area contributed by atoms with Crippen LogP contribution in [-0.2, 0) is 21.8 Å². The van der Waals surface area contributed by atoms with Gasteiger partial charge in [-0.1, -0.05) is 23.4 Å². The topological polar surface area (TPSA) is 81.4 Å². The number of carbonyl (C=O) groups is 2. The highest BCUT2D eigenvalue weighted by Gasteiger charge is 2.15. The summed E-state index contributed by atoms with van der Waals surface area (Å²) in [5, 5.41) is 8.61.